The van der Waals surface area contributed by atoms with Gasteiger partial charge in [0.05, 0.1) is 28.0 Å². The summed E-state index contributed by atoms with van der Waals surface area (Å²) in [5.74, 6) is 0.341. The molecule has 1 aliphatic heterocycles. The highest BCUT2D eigenvalue weighted by molar-refractivity contribution is 6.10. The van der Waals surface area contributed by atoms with Gasteiger partial charge in [-0.25, -0.2) is 9.97 Å². The van der Waals surface area contributed by atoms with Crippen LogP contribution in [0.4, 0.5) is 0 Å². The zero-order valence-corrected chi connectivity index (χ0v) is 29.4. The number of hydrogen-bond donors (Lipinski definition) is 0. The van der Waals surface area contributed by atoms with E-state index in [1.54, 1.807) is 6.33 Å². The van der Waals surface area contributed by atoms with Crippen LogP contribution in [0.3, 0.4) is 0 Å². The number of benzene rings is 6. The number of para-hydroxylation sites is 3. The van der Waals surface area contributed by atoms with E-state index in [1.807, 2.05) is 18.3 Å². The second-order valence-corrected chi connectivity index (χ2v) is 14.0. The summed E-state index contributed by atoms with van der Waals surface area (Å²) in [7, 11) is 0. The summed E-state index contributed by atoms with van der Waals surface area (Å²) < 4.78 is 2.37. The quantitative estimate of drug-likeness (QED) is 0.175. The average Bonchev–Trinajstić information content (AvgIpc) is 3.79. The van der Waals surface area contributed by atoms with Crippen molar-refractivity contribution < 1.29 is 0 Å². The lowest BCUT2D eigenvalue weighted by atomic mass is 9.89. The molecule has 1 aliphatic carbocycles. The molecular formula is C49H36N4. The average molecular weight is 681 g/mol. The molecule has 0 saturated carbocycles. The molecule has 53 heavy (non-hydrogen) atoms. The number of allylic oxidation sites excluding steroid dienone is 4. The first-order valence-electron chi connectivity index (χ1n) is 18.4. The second kappa shape index (κ2) is 12.8. The van der Waals surface area contributed by atoms with Crippen LogP contribution in [0.25, 0.3) is 67.5 Å². The molecule has 0 N–H and O–H groups in total. The van der Waals surface area contributed by atoms with Gasteiger partial charge in [-0.2, -0.15) is 0 Å². The van der Waals surface area contributed by atoms with Gasteiger partial charge in [-0.15, -0.1) is 0 Å². The summed E-state index contributed by atoms with van der Waals surface area (Å²) in [5, 5.41) is 5.96. The van der Waals surface area contributed by atoms with E-state index in [4.69, 9.17) is 9.98 Å². The first-order valence-corrected chi connectivity index (χ1v) is 18.4. The molecule has 2 atom stereocenters. The summed E-state index contributed by atoms with van der Waals surface area (Å²) >= 11 is 0. The zero-order valence-electron chi connectivity index (χ0n) is 29.4. The van der Waals surface area contributed by atoms with E-state index in [9.17, 15) is 0 Å². The standard InChI is InChI=1S/C49H36N4/c1-2-32-25-34-11-3-4-12-37(34)30-50-48(32)39-27-38(28-40(29-39)49-44-15-5-8-16-45(44)51-31-52-49)36-20-19-35(26-36)33-21-23-41(24-22-33)53-46-17-9-6-13-42(46)43-14-7-10-18-47(43)53/h3-32,35H,2H2,1H3. The van der Waals surface area contributed by atoms with Gasteiger partial charge in [0.2, 0.25) is 0 Å². The largest absolute Gasteiger partial charge is 0.309 e. The Morgan fingerprint density at radius 2 is 1.26 bits per heavy atom. The maximum Gasteiger partial charge on any atom is 0.116 e. The van der Waals surface area contributed by atoms with E-state index in [2.05, 4.69) is 168 Å². The van der Waals surface area contributed by atoms with Crippen LogP contribution in [-0.2, 0) is 0 Å². The highest BCUT2D eigenvalue weighted by Crippen LogP contribution is 2.37. The van der Waals surface area contributed by atoms with Crippen molar-refractivity contribution in [3.8, 4) is 16.9 Å². The molecule has 0 radical (unpaired) electrons. The molecule has 8 aromatic rings. The number of hydrogen-bond acceptors (Lipinski definition) is 3. The highest BCUT2D eigenvalue weighted by atomic mass is 15.0. The molecule has 4 nitrogen and oxygen atoms in total. The van der Waals surface area contributed by atoms with Gasteiger partial charge in [-0.1, -0.05) is 122 Å². The molecule has 0 spiro atoms. The smallest absolute Gasteiger partial charge is 0.116 e. The third-order valence-corrected chi connectivity index (χ3v) is 10.8. The molecule has 3 heterocycles. The van der Waals surface area contributed by atoms with Gasteiger partial charge >= 0.3 is 0 Å². The minimum atomic E-state index is 0.166. The van der Waals surface area contributed by atoms with Crippen LogP contribution in [0.5, 0.6) is 0 Å². The monoisotopic (exact) mass is 680 g/mol. The molecule has 6 aromatic carbocycles. The molecule has 252 valence electrons. The zero-order chi connectivity index (χ0) is 35.3. The van der Waals surface area contributed by atoms with Crippen LogP contribution in [0.2, 0.25) is 0 Å². The van der Waals surface area contributed by atoms with Gasteiger partial charge in [0.1, 0.15) is 6.33 Å². The van der Waals surface area contributed by atoms with E-state index in [1.165, 1.54) is 38.2 Å². The second-order valence-electron chi connectivity index (χ2n) is 14.0. The lowest BCUT2D eigenvalue weighted by Gasteiger charge is -2.17. The Kier molecular flexibility index (Phi) is 7.54. The summed E-state index contributed by atoms with van der Waals surface area (Å²) in [6.07, 6.45) is 14.0. The van der Waals surface area contributed by atoms with Crippen LogP contribution >= 0.6 is 0 Å². The van der Waals surface area contributed by atoms with Gasteiger partial charge in [0, 0.05) is 45.4 Å². The van der Waals surface area contributed by atoms with E-state index in [-0.39, 0.29) is 11.8 Å². The maximum atomic E-state index is 5.17. The number of rotatable bonds is 6. The number of aromatic nitrogens is 3. The van der Waals surface area contributed by atoms with Gasteiger partial charge in [-0.3, -0.25) is 4.99 Å². The molecule has 10 rings (SSSR count). The van der Waals surface area contributed by atoms with Crippen LogP contribution in [-0.4, -0.2) is 20.2 Å². The molecular weight excluding hydrogens is 645 g/mol. The van der Waals surface area contributed by atoms with Crippen LogP contribution in [0, 0.1) is 5.92 Å². The Labute approximate surface area is 308 Å². The molecule has 0 saturated heterocycles. The van der Waals surface area contributed by atoms with E-state index in [0.717, 1.165) is 56.3 Å². The molecule has 0 amide bonds. The Morgan fingerprint density at radius 3 is 2.04 bits per heavy atom. The number of nitrogens with zero attached hydrogens (tertiary/aromatic N) is 4. The summed E-state index contributed by atoms with van der Waals surface area (Å²) in [5.41, 5.74) is 12.3. The van der Waals surface area contributed by atoms with Gasteiger partial charge in [-0.05, 0) is 87.7 Å². The lowest BCUT2D eigenvalue weighted by molar-refractivity contribution is 0.855. The summed E-state index contributed by atoms with van der Waals surface area (Å²) in [6, 6.07) is 50.0. The van der Waals surface area contributed by atoms with Gasteiger partial charge in [0.25, 0.3) is 0 Å². The van der Waals surface area contributed by atoms with Crippen LogP contribution < -0.4 is 10.4 Å². The fourth-order valence-corrected chi connectivity index (χ4v) is 8.18. The number of aliphatic imine (C=N–C) groups is 1. The first kappa shape index (κ1) is 31.1. The number of fused-ring (bicyclic) bond motifs is 5. The minimum Gasteiger partial charge on any atom is -0.309 e. The minimum absolute atomic E-state index is 0.166. The van der Waals surface area contributed by atoms with Crippen molar-refractivity contribution in [3.05, 3.63) is 191 Å². The fourth-order valence-electron chi connectivity index (χ4n) is 8.18. The van der Waals surface area contributed by atoms with E-state index >= 15 is 0 Å². The molecule has 0 fully saturated rings. The highest BCUT2D eigenvalue weighted by Gasteiger charge is 2.21. The van der Waals surface area contributed by atoms with Crippen molar-refractivity contribution in [2.24, 2.45) is 10.9 Å². The fraction of sp³-hybridized carbons (Fsp3) is 0.0816. The maximum absolute atomic E-state index is 5.17. The Balaban J connectivity index is 1.06. The molecule has 2 aliphatic rings. The van der Waals surface area contributed by atoms with Gasteiger partial charge < -0.3 is 4.57 Å². The molecule has 4 heteroatoms. The van der Waals surface area contributed by atoms with Crippen LogP contribution in [0.1, 0.15) is 36.0 Å². The Bertz CT molecular complexity index is 2880. The summed E-state index contributed by atoms with van der Waals surface area (Å²) in [6.45, 7) is 2.24. The SMILES string of the molecule is CCC1C=c2ccccc2=CN=C1c1cc(C2=CC(c3ccc(-n4c5ccccc5c5ccccc54)cc3)C=C2)cc(-c2ncnc3ccccc23)c1. The van der Waals surface area contributed by atoms with Crippen LogP contribution in [0.15, 0.2) is 169 Å². The predicted molar refractivity (Wildman–Crippen MR) is 221 cm³/mol. The molecule has 2 aromatic heterocycles. The van der Waals surface area contributed by atoms with E-state index in [0.29, 0.717) is 0 Å². The first-order chi connectivity index (χ1) is 26.2. The van der Waals surface area contributed by atoms with Crippen molar-refractivity contribution in [1.82, 2.24) is 14.5 Å². The lowest BCUT2D eigenvalue weighted by Crippen LogP contribution is -2.24. The van der Waals surface area contributed by atoms with E-state index < -0.39 is 0 Å². The predicted octanol–water partition coefficient (Wildman–Crippen LogP) is 10.2. The topological polar surface area (TPSA) is 43.1 Å². The van der Waals surface area contributed by atoms with Gasteiger partial charge in [0.15, 0.2) is 0 Å². The summed E-state index contributed by atoms with van der Waals surface area (Å²) in [4.78, 5) is 14.6. The van der Waals surface area contributed by atoms with Crippen molar-refractivity contribution in [3.63, 3.8) is 0 Å². The molecule has 0 bridgehead atoms. The Hall–Kier alpha value is -6.65. The third-order valence-electron chi connectivity index (χ3n) is 10.8. The van der Waals surface area contributed by atoms with Crippen molar-refractivity contribution in [1.29, 1.82) is 0 Å². The van der Waals surface area contributed by atoms with Crippen molar-refractivity contribution in [2.45, 2.75) is 19.3 Å². The normalized spacial score (nSPS) is 16.5. The third kappa shape index (κ3) is 5.42. The Morgan fingerprint density at radius 1 is 0.604 bits per heavy atom. The molecule has 2 unspecified atom stereocenters. The van der Waals surface area contributed by atoms with Crippen molar-refractivity contribution in [2.75, 3.05) is 0 Å². The van der Waals surface area contributed by atoms with Crippen molar-refractivity contribution >= 4 is 56.3 Å².